The molecule has 0 radical (unpaired) electrons. The van der Waals surface area contributed by atoms with Crippen molar-refractivity contribution in [3.8, 4) is 0 Å². The van der Waals surface area contributed by atoms with Gasteiger partial charge in [-0.15, -0.1) is 5.10 Å². The SMILES string of the molecule is Cc1ccc(C(F)(F)CNC(=O)c2c(S(=N)(=O)c3cccc(C4CC4)c3F)nnc3c2CCCC3)c(C)c1. The molecule has 1 amide bonds. The number of carbonyl (C=O) groups is 1. The molecule has 0 saturated heterocycles. The Labute approximate surface area is 220 Å². The summed E-state index contributed by atoms with van der Waals surface area (Å²) in [4.78, 5) is 13.1. The highest BCUT2D eigenvalue weighted by molar-refractivity contribution is 7.92. The predicted octanol–water partition coefficient (Wildman–Crippen LogP) is 5.98. The smallest absolute Gasteiger partial charge is 0.290 e. The van der Waals surface area contributed by atoms with Crippen molar-refractivity contribution >= 4 is 15.6 Å². The number of benzene rings is 2. The summed E-state index contributed by atoms with van der Waals surface area (Å²) in [5.41, 5.74) is 2.15. The molecule has 5 rings (SSSR count). The van der Waals surface area contributed by atoms with Crippen LogP contribution in [0.4, 0.5) is 13.2 Å². The van der Waals surface area contributed by atoms with Gasteiger partial charge in [0.05, 0.1) is 22.7 Å². The molecule has 10 heteroatoms. The van der Waals surface area contributed by atoms with E-state index in [1.807, 2.05) is 0 Å². The van der Waals surface area contributed by atoms with Crippen molar-refractivity contribution in [2.24, 2.45) is 0 Å². The van der Waals surface area contributed by atoms with Crippen molar-refractivity contribution in [2.45, 2.75) is 74.1 Å². The van der Waals surface area contributed by atoms with Crippen LogP contribution in [0.15, 0.2) is 46.3 Å². The number of alkyl halides is 2. The number of fused-ring (bicyclic) bond motifs is 1. The topological polar surface area (TPSA) is 95.8 Å². The van der Waals surface area contributed by atoms with Gasteiger partial charge >= 0.3 is 0 Å². The Morgan fingerprint density at radius 1 is 1.13 bits per heavy atom. The van der Waals surface area contributed by atoms with Gasteiger partial charge in [0.15, 0.2) is 5.03 Å². The number of hydrogen-bond acceptors (Lipinski definition) is 5. The standard InChI is InChI=1S/C28H29F3N4O2S/c1-16-10-13-21(17(2)14-16)28(30,31)15-33-26(36)24-20-6-3-4-8-22(20)34-35-27(24)38(32,37)23-9-5-7-19(25(23)29)18-11-12-18/h5,7,9-10,13-14,18,32H,3-4,6,8,11-12,15H2,1-2H3,(H,33,36). The molecule has 0 bridgehead atoms. The lowest BCUT2D eigenvalue weighted by Crippen LogP contribution is -2.37. The lowest BCUT2D eigenvalue weighted by Gasteiger charge is -2.23. The number of aromatic nitrogens is 2. The van der Waals surface area contributed by atoms with E-state index in [1.165, 1.54) is 18.2 Å². The summed E-state index contributed by atoms with van der Waals surface area (Å²) in [7, 11) is -4.12. The molecule has 38 heavy (non-hydrogen) atoms. The Morgan fingerprint density at radius 2 is 1.87 bits per heavy atom. The van der Waals surface area contributed by atoms with E-state index in [4.69, 9.17) is 4.78 Å². The van der Waals surface area contributed by atoms with E-state index in [-0.39, 0.29) is 21.9 Å². The molecule has 6 nitrogen and oxygen atoms in total. The fraction of sp³-hybridized carbons (Fsp3) is 0.393. The number of aryl methyl sites for hydroxylation is 3. The highest BCUT2D eigenvalue weighted by Gasteiger charge is 2.37. The maximum Gasteiger partial charge on any atom is 0.290 e. The Morgan fingerprint density at radius 3 is 2.58 bits per heavy atom. The van der Waals surface area contributed by atoms with Gasteiger partial charge in [0.1, 0.15) is 15.5 Å². The molecular formula is C28H29F3N4O2S. The fourth-order valence-electron chi connectivity index (χ4n) is 5.15. The number of rotatable bonds is 7. The van der Waals surface area contributed by atoms with Crippen LogP contribution in [0.3, 0.4) is 0 Å². The van der Waals surface area contributed by atoms with Crippen molar-refractivity contribution in [1.29, 1.82) is 4.78 Å². The molecule has 3 aromatic rings. The van der Waals surface area contributed by atoms with Gasteiger partial charge in [0.2, 0.25) is 0 Å². The first-order valence-corrected chi connectivity index (χ1v) is 14.3. The maximum atomic E-state index is 15.4. The minimum absolute atomic E-state index is 0.00926. The quantitative estimate of drug-likeness (QED) is 0.384. The van der Waals surface area contributed by atoms with E-state index < -0.39 is 38.9 Å². The van der Waals surface area contributed by atoms with Crippen LogP contribution in [0.2, 0.25) is 0 Å². The summed E-state index contributed by atoms with van der Waals surface area (Å²) in [6, 6.07) is 8.96. The zero-order valence-corrected chi connectivity index (χ0v) is 22.1. The maximum absolute atomic E-state index is 15.4. The number of amides is 1. The summed E-state index contributed by atoms with van der Waals surface area (Å²) in [6.07, 6.45) is 4.05. The zero-order chi connectivity index (χ0) is 27.2. The van der Waals surface area contributed by atoms with Crippen LogP contribution in [-0.2, 0) is 28.5 Å². The zero-order valence-electron chi connectivity index (χ0n) is 21.2. The molecule has 0 aliphatic heterocycles. The van der Waals surface area contributed by atoms with Gasteiger partial charge in [-0.2, -0.15) is 13.9 Å². The first-order chi connectivity index (χ1) is 18.0. The minimum Gasteiger partial charge on any atom is -0.346 e. The van der Waals surface area contributed by atoms with Crippen molar-refractivity contribution in [3.05, 3.63) is 81.3 Å². The van der Waals surface area contributed by atoms with Crippen LogP contribution < -0.4 is 5.32 Å². The monoisotopic (exact) mass is 542 g/mol. The number of nitrogens with zero attached hydrogens (tertiary/aromatic N) is 2. The molecule has 1 fully saturated rings. The second kappa shape index (κ2) is 9.80. The van der Waals surface area contributed by atoms with Crippen LogP contribution >= 0.6 is 0 Å². The molecule has 1 aromatic heterocycles. The molecular weight excluding hydrogens is 513 g/mol. The second-order valence-corrected chi connectivity index (χ2v) is 12.1. The summed E-state index contributed by atoms with van der Waals surface area (Å²) in [5, 5.41) is 9.92. The number of halogens is 3. The predicted molar refractivity (Wildman–Crippen MR) is 137 cm³/mol. The normalized spacial score (nSPS) is 17.0. The first kappa shape index (κ1) is 26.3. The van der Waals surface area contributed by atoms with Gasteiger partial charge in [-0.1, -0.05) is 35.9 Å². The van der Waals surface area contributed by atoms with Gasteiger partial charge in [-0.05, 0) is 81.0 Å². The molecule has 200 valence electrons. The Hall–Kier alpha value is -3.27. The van der Waals surface area contributed by atoms with Gasteiger partial charge < -0.3 is 5.32 Å². The van der Waals surface area contributed by atoms with Crippen molar-refractivity contribution in [3.63, 3.8) is 0 Å². The first-order valence-electron chi connectivity index (χ1n) is 12.7. The van der Waals surface area contributed by atoms with E-state index in [2.05, 4.69) is 15.5 Å². The summed E-state index contributed by atoms with van der Waals surface area (Å²) in [5.74, 6) is -5.03. The van der Waals surface area contributed by atoms with Crippen LogP contribution in [0.1, 0.15) is 75.5 Å². The molecule has 2 N–H and O–H groups in total. The lowest BCUT2D eigenvalue weighted by molar-refractivity contribution is -0.00312. The van der Waals surface area contributed by atoms with E-state index in [0.29, 0.717) is 41.6 Å². The fourth-order valence-corrected chi connectivity index (χ4v) is 6.66. The molecule has 1 saturated carbocycles. The minimum atomic E-state index is -4.12. The van der Waals surface area contributed by atoms with Crippen molar-refractivity contribution in [2.75, 3.05) is 6.54 Å². The largest absolute Gasteiger partial charge is 0.346 e. The highest BCUT2D eigenvalue weighted by Crippen LogP contribution is 2.43. The Kier molecular flexibility index (Phi) is 6.79. The van der Waals surface area contributed by atoms with Crippen LogP contribution in [0, 0.1) is 24.4 Å². The molecule has 1 heterocycles. The van der Waals surface area contributed by atoms with Crippen LogP contribution in [-0.4, -0.2) is 26.9 Å². The molecule has 1 atom stereocenters. The molecule has 1 unspecified atom stereocenters. The summed E-state index contributed by atoms with van der Waals surface area (Å²) in [6.45, 7) is 2.38. The second-order valence-electron chi connectivity index (χ2n) is 10.2. The Bertz CT molecular complexity index is 1540. The third-order valence-corrected chi connectivity index (χ3v) is 9.05. The van der Waals surface area contributed by atoms with Gasteiger partial charge in [0.25, 0.3) is 11.8 Å². The van der Waals surface area contributed by atoms with Gasteiger partial charge in [-0.3, -0.25) is 4.79 Å². The third kappa shape index (κ3) is 4.81. The third-order valence-electron chi connectivity index (χ3n) is 7.28. The average Bonchev–Trinajstić information content (AvgIpc) is 3.72. The van der Waals surface area contributed by atoms with Crippen molar-refractivity contribution in [1.82, 2.24) is 15.5 Å². The van der Waals surface area contributed by atoms with Gasteiger partial charge in [0, 0.05) is 5.56 Å². The number of hydrogen-bond donors (Lipinski definition) is 2. The van der Waals surface area contributed by atoms with Crippen molar-refractivity contribution < 1.29 is 22.2 Å². The van der Waals surface area contributed by atoms with E-state index in [1.54, 1.807) is 32.0 Å². The van der Waals surface area contributed by atoms with E-state index in [9.17, 15) is 9.00 Å². The lowest BCUT2D eigenvalue weighted by atomic mass is 9.93. The molecule has 2 aliphatic carbocycles. The van der Waals surface area contributed by atoms with Gasteiger partial charge in [-0.25, -0.2) is 13.4 Å². The van der Waals surface area contributed by atoms with E-state index in [0.717, 1.165) is 24.8 Å². The van der Waals surface area contributed by atoms with Crippen LogP contribution in [0.5, 0.6) is 0 Å². The van der Waals surface area contributed by atoms with E-state index >= 15 is 13.2 Å². The molecule has 2 aliphatic rings. The summed E-state index contributed by atoms with van der Waals surface area (Å²) >= 11 is 0. The molecule has 0 spiro atoms. The van der Waals surface area contributed by atoms with Crippen LogP contribution in [0.25, 0.3) is 0 Å². The summed E-state index contributed by atoms with van der Waals surface area (Å²) < 4.78 is 68.4. The average molecular weight is 543 g/mol. The number of nitrogens with one attached hydrogen (secondary N) is 2. The molecule has 2 aromatic carbocycles. The highest BCUT2D eigenvalue weighted by atomic mass is 32.2. The number of carbonyl (C=O) groups excluding carboxylic acids is 1. The Balaban J connectivity index is 1.54.